The number of aromatic nitrogens is 5. The number of amides is 1. The average Bonchev–Trinajstić information content (AvgIpc) is 3.37. The van der Waals surface area contributed by atoms with Gasteiger partial charge in [-0.25, -0.2) is 9.37 Å². The second kappa shape index (κ2) is 8.42. The number of hydrogen-bond acceptors (Lipinski definition) is 6. The van der Waals surface area contributed by atoms with Gasteiger partial charge in [-0.1, -0.05) is 23.7 Å². The van der Waals surface area contributed by atoms with Crippen LogP contribution >= 0.6 is 11.6 Å². The topological polar surface area (TPSA) is 98.7 Å². The van der Waals surface area contributed by atoms with Gasteiger partial charge in [-0.3, -0.25) is 4.79 Å². The summed E-state index contributed by atoms with van der Waals surface area (Å²) in [5, 5.41) is 14.3. The number of carbonyl (C=O) groups excluding carboxylic acids is 1. The molecular weight excluding hydrogens is 411 g/mol. The van der Waals surface area contributed by atoms with Crippen molar-refractivity contribution in [2.24, 2.45) is 0 Å². The van der Waals surface area contributed by atoms with Crippen LogP contribution in [0.3, 0.4) is 0 Å². The molecular formula is C20H16ClFN6O2. The standard InChI is InChI=1S/C20H16ClFN6O2/c1-12-25-26-27-28(12)17-10-13(6-7-16(17)22)24-19(29)8-9-20-23-11-18(30-20)14-4-2-3-5-15(14)21/h2-7,10-11H,8-9H2,1H3,(H,24,29). The number of nitrogens with zero attached hydrogens (tertiary/aromatic N) is 5. The van der Waals surface area contributed by atoms with E-state index in [1.165, 1.54) is 22.9 Å². The highest BCUT2D eigenvalue weighted by Gasteiger charge is 2.14. The predicted molar refractivity (Wildman–Crippen MR) is 108 cm³/mol. The Morgan fingerprint density at radius 2 is 2.10 bits per heavy atom. The Morgan fingerprint density at radius 1 is 1.27 bits per heavy atom. The van der Waals surface area contributed by atoms with Gasteiger partial charge in [-0.15, -0.1) is 5.10 Å². The molecule has 0 aliphatic heterocycles. The zero-order valence-electron chi connectivity index (χ0n) is 15.8. The van der Waals surface area contributed by atoms with E-state index in [0.717, 1.165) is 5.56 Å². The fourth-order valence-electron chi connectivity index (χ4n) is 2.86. The predicted octanol–water partition coefficient (Wildman–Crippen LogP) is 3.99. The molecule has 0 aliphatic rings. The molecule has 0 saturated carbocycles. The van der Waals surface area contributed by atoms with Crippen molar-refractivity contribution in [1.82, 2.24) is 25.2 Å². The number of nitrogens with one attached hydrogen (secondary N) is 1. The van der Waals surface area contributed by atoms with E-state index in [9.17, 15) is 9.18 Å². The Bertz CT molecular complexity index is 1210. The first-order chi connectivity index (χ1) is 14.5. The summed E-state index contributed by atoms with van der Waals surface area (Å²) >= 11 is 6.16. The van der Waals surface area contributed by atoms with Crippen molar-refractivity contribution in [1.29, 1.82) is 0 Å². The summed E-state index contributed by atoms with van der Waals surface area (Å²) < 4.78 is 21.1. The van der Waals surface area contributed by atoms with Crippen LogP contribution in [0.4, 0.5) is 10.1 Å². The van der Waals surface area contributed by atoms with Crippen LogP contribution in [0, 0.1) is 12.7 Å². The van der Waals surface area contributed by atoms with E-state index in [4.69, 9.17) is 16.0 Å². The smallest absolute Gasteiger partial charge is 0.224 e. The molecule has 1 N–H and O–H groups in total. The van der Waals surface area contributed by atoms with Crippen LogP contribution in [0.15, 0.2) is 53.1 Å². The summed E-state index contributed by atoms with van der Waals surface area (Å²) in [6.45, 7) is 1.65. The fourth-order valence-corrected chi connectivity index (χ4v) is 3.09. The van der Waals surface area contributed by atoms with Gasteiger partial charge in [0, 0.05) is 24.1 Å². The van der Waals surface area contributed by atoms with Crippen LogP contribution in [-0.2, 0) is 11.2 Å². The molecule has 0 saturated heterocycles. The maximum atomic E-state index is 14.1. The molecule has 8 nitrogen and oxygen atoms in total. The molecule has 4 aromatic rings. The first kappa shape index (κ1) is 19.7. The van der Waals surface area contributed by atoms with E-state index >= 15 is 0 Å². The van der Waals surface area contributed by atoms with E-state index in [0.29, 0.717) is 34.6 Å². The lowest BCUT2D eigenvalue weighted by atomic mass is 10.2. The lowest BCUT2D eigenvalue weighted by Crippen LogP contribution is -2.13. The van der Waals surface area contributed by atoms with Gasteiger partial charge in [0.05, 0.1) is 11.2 Å². The second-order valence-electron chi connectivity index (χ2n) is 6.45. The second-order valence-corrected chi connectivity index (χ2v) is 6.86. The molecule has 2 heterocycles. The lowest BCUT2D eigenvalue weighted by Gasteiger charge is -2.08. The van der Waals surface area contributed by atoms with E-state index in [1.54, 1.807) is 19.2 Å². The van der Waals surface area contributed by atoms with E-state index < -0.39 is 5.82 Å². The third-order valence-corrected chi connectivity index (χ3v) is 4.67. The van der Waals surface area contributed by atoms with Crippen LogP contribution in [0.2, 0.25) is 5.02 Å². The van der Waals surface area contributed by atoms with E-state index in [1.807, 2.05) is 18.2 Å². The van der Waals surface area contributed by atoms with Crippen LogP contribution in [-0.4, -0.2) is 31.1 Å². The molecule has 30 heavy (non-hydrogen) atoms. The quantitative estimate of drug-likeness (QED) is 0.500. The number of halogens is 2. The summed E-state index contributed by atoms with van der Waals surface area (Å²) in [7, 11) is 0. The van der Waals surface area contributed by atoms with Gasteiger partial charge >= 0.3 is 0 Å². The number of rotatable bonds is 6. The highest BCUT2D eigenvalue weighted by atomic mass is 35.5. The Labute approximate surface area is 175 Å². The van der Waals surface area contributed by atoms with Crippen LogP contribution in [0.1, 0.15) is 18.1 Å². The van der Waals surface area contributed by atoms with Crippen molar-refractivity contribution in [2.75, 3.05) is 5.32 Å². The van der Waals surface area contributed by atoms with Gasteiger partial charge in [-0.05, 0) is 47.7 Å². The van der Waals surface area contributed by atoms with Gasteiger partial charge in [0.25, 0.3) is 0 Å². The number of oxazole rings is 1. The number of anilines is 1. The van der Waals surface area contributed by atoms with Crippen molar-refractivity contribution >= 4 is 23.2 Å². The molecule has 2 aromatic carbocycles. The lowest BCUT2D eigenvalue weighted by molar-refractivity contribution is -0.116. The van der Waals surface area contributed by atoms with Crippen molar-refractivity contribution in [3.63, 3.8) is 0 Å². The highest BCUT2D eigenvalue weighted by Crippen LogP contribution is 2.28. The molecule has 0 aliphatic carbocycles. The number of tetrazole rings is 1. The molecule has 0 radical (unpaired) electrons. The van der Waals surface area contributed by atoms with Gasteiger partial charge in [0.15, 0.2) is 17.5 Å². The Kier molecular flexibility index (Phi) is 5.53. The van der Waals surface area contributed by atoms with Crippen molar-refractivity contribution in [3.8, 4) is 17.0 Å². The van der Waals surface area contributed by atoms with Gasteiger partial charge in [0.2, 0.25) is 5.91 Å². The fraction of sp³-hybridized carbons (Fsp3) is 0.150. The molecule has 4 rings (SSSR count). The van der Waals surface area contributed by atoms with Gasteiger partial charge < -0.3 is 9.73 Å². The third kappa shape index (κ3) is 4.20. The minimum absolute atomic E-state index is 0.138. The molecule has 0 spiro atoms. The summed E-state index contributed by atoms with van der Waals surface area (Å²) in [6.07, 6.45) is 2.02. The van der Waals surface area contributed by atoms with Gasteiger partial charge in [0.1, 0.15) is 11.5 Å². The van der Waals surface area contributed by atoms with Crippen molar-refractivity contribution < 1.29 is 13.6 Å². The van der Waals surface area contributed by atoms with Crippen molar-refractivity contribution in [2.45, 2.75) is 19.8 Å². The Balaban J connectivity index is 1.40. The van der Waals surface area contributed by atoms with E-state index in [-0.39, 0.29) is 18.0 Å². The Morgan fingerprint density at radius 3 is 2.87 bits per heavy atom. The summed E-state index contributed by atoms with van der Waals surface area (Å²) in [5.74, 6) is 0.615. The zero-order chi connectivity index (χ0) is 21.1. The monoisotopic (exact) mass is 426 g/mol. The first-order valence-electron chi connectivity index (χ1n) is 9.05. The van der Waals surface area contributed by atoms with Crippen LogP contribution in [0.25, 0.3) is 17.0 Å². The number of aryl methyl sites for hydroxylation is 2. The summed E-state index contributed by atoms with van der Waals surface area (Å²) in [5.41, 5.74) is 1.31. The van der Waals surface area contributed by atoms with E-state index in [2.05, 4.69) is 25.8 Å². The zero-order valence-corrected chi connectivity index (χ0v) is 16.6. The molecule has 0 unspecified atom stereocenters. The first-order valence-corrected chi connectivity index (χ1v) is 9.43. The molecule has 152 valence electrons. The largest absolute Gasteiger partial charge is 0.441 e. The maximum Gasteiger partial charge on any atom is 0.224 e. The molecule has 1 amide bonds. The van der Waals surface area contributed by atoms with Crippen molar-refractivity contribution in [3.05, 3.63) is 71.2 Å². The van der Waals surface area contributed by atoms with Crippen LogP contribution in [0.5, 0.6) is 0 Å². The minimum Gasteiger partial charge on any atom is -0.441 e. The van der Waals surface area contributed by atoms with Crippen LogP contribution < -0.4 is 5.32 Å². The number of carbonyl (C=O) groups is 1. The molecule has 2 aromatic heterocycles. The highest BCUT2D eigenvalue weighted by molar-refractivity contribution is 6.33. The molecule has 0 atom stereocenters. The summed E-state index contributed by atoms with van der Waals surface area (Å²) in [6, 6.07) is 11.5. The number of benzene rings is 2. The average molecular weight is 427 g/mol. The summed E-state index contributed by atoms with van der Waals surface area (Å²) in [4.78, 5) is 16.5. The number of hydrogen-bond donors (Lipinski definition) is 1. The molecule has 0 fully saturated rings. The maximum absolute atomic E-state index is 14.1. The third-order valence-electron chi connectivity index (χ3n) is 4.34. The normalized spacial score (nSPS) is 10.9. The Hall–Kier alpha value is -3.59. The molecule has 10 heteroatoms. The van der Waals surface area contributed by atoms with Gasteiger partial charge in [-0.2, -0.15) is 4.68 Å². The SMILES string of the molecule is Cc1nnnn1-c1cc(NC(=O)CCc2ncc(-c3ccccc3Cl)o2)ccc1F. The molecule has 0 bridgehead atoms. The minimum atomic E-state index is -0.504.